The van der Waals surface area contributed by atoms with Crippen LogP contribution in [0.25, 0.3) is 0 Å². The molecule has 2 saturated carbocycles. The topological polar surface area (TPSA) is 9.23 Å². The van der Waals surface area contributed by atoms with E-state index in [2.05, 4.69) is 34.6 Å². The van der Waals surface area contributed by atoms with Crippen molar-refractivity contribution in [3.63, 3.8) is 0 Å². The predicted octanol–water partition coefficient (Wildman–Crippen LogP) is 4.80. The minimum atomic E-state index is 0.179. The maximum Gasteiger partial charge on any atom is 0.0692 e. The second kappa shape index (κ2) is 3.75. The van der Waals surface area contributed by atoms with Crippen molar-refractivity contribution in [1.82, 2.24) is 0 Å². The van der Waals surface area contributed by atoms with Crippen molar-refractivity contribution in [1.29, 1.82) is 0 Å². The summed E-state index contributed by atoms with van der Waals surface area (Å²) in [6.07, 6.45) is 8.70. The van der Waals surface area contributed by atoms with Crippen molar-refractivity contribution in [3.05, 3.63) is 0 Å². The largest absolute Gasteiger partial charge is 0.372 e. The van der Waals surface area contributed by atoms with Crippen molar-refractivity contribution in [3.8, 4) is 0 Å². The molecule has 1 nitrogen and oxygen atoms in total. The number of fused-ring (bicyclic) bond motifs is 3. The average Bonchev–Trinajstić information content (AvgIpc) is 2.53. The quantitative estimate of drug-likeness (QED) is 0.600. The SMILES string of the molecule is C[C@@H]1C[C@@H]2[C@@]3(C)CCCC(C)(C)[C@@H]3CC[C@@]2(C)O1. The van der Waals surface area contributed by atoms with Crippen LogP contribution < -0.4 is 0 Å². The van der Waals surface area contributed by atoms with E-state index in [1.54, 1.807) is 0 Å². The molecular formula is C17H30O. The lowest BCUT2D eigenvalue weighted by Crippen LogP contribution is -2.55. The summed E-state index contributed by atoms with van der Waals surface area (Å²) in [6, 6.07) is 0. The minimum absolute atomic E-state index is 0.179. The smallest absolute Gasteiger partial charge is 0.0692 e. The first-order chi connectivity index (χ1) is 8.28. The summed E-state index contributed by atoms with van der Waals surface area (Å²) in [5.41, 5.74) is 1.25. The van der Waals surface area contributed by atoms with Gasteiger partial charge in [0.2, 0.25) is 0 Å². The van der Waals surface area contributed by atoms with Crippen molar-refractivity contribution in [2.24, 2.45) is 22.7 Å². The molecule has 1 heterocycles. The van der Waals surface area contributed by atoms with Crippen LogP contribution in [0.3, 0.4) is 0 Å². The van der Waals surface area contributed by atoms with Gasteiger partial charge >= 0.3 is 0 Å². The minimum Gasteiger partial charge on any atom is -0.372 e. The molecular weight excluding hydrogens is 220 g/mol. The van der Waals surface area contributed by atoms with Gasteiger partial charge in [-0.25, -0.2) is 0 Å². The summed E-state index contributed by atoms with van der Waals surface area (Å²) in [5.74, 6) is 1.70. The summed E-state index contributed by atoms with van der Waals surface area (Å²) in [7, 11) is 0. The molecule has 0 aromatic carbocycles. The van der Waals surface area contributed by atoms with Gasteiger partial charge in [0.25, 0.3) is 0 Å². The lowest BCUT2D eigenvalue weighted by Gasteiger charge is -2.60. The molecule has 0 amide bonds. The predicted molar refractivity (Wildman–Crippen MR) is 75.5 cm³/mol. The van der Waals surface area contributed by atoms with E-state index < -0.39 is 0 Å². The van der Waals surface area contributed by atoms with Crippen LogP contribution >= 0.6 is 0 Å². The van der Waals surface area contributed by atoms with Gasteiger partial charge in [-0.05, 0) is 68.6 Å². The van der Waals surface area contributed by atoms with Gasteiger partial charge in [0.1, 0.15) is 0 Å². The Morgan fingerprint density at radius 2 is 1.67 bits per heavy atom. The molecule has 0 radical (unpaired) electrons. The van der Waals surface area contributed by atoms with Gasteiger partial charge in [0.15, 0.2) is 0 Å². The van der Waals surface area contributed by atoms with E-state index in [1.165, 1.54) is 38.5 Å². The third kappa shape index (κ3) is 1.62. The Hall–Kier alpha value is -0.0400. The Morgan fingerprint density at radius 3 is 2.39 bits per heavy atom. The van der Waals surface area contributed by atoms with E-state index in [-0.39, 0.29) is 5.60 Å². The second-order valence-electron chi connectivity index (χ2n) is 8.47. The molecule has 0 spiro atoms. The third-order valence-corrected chi connectivity index (χ3v) is 6.78. The highest BCUT2D eigenvalue weighted by atomic mass is 16.5. The Kier molecular flexibility index (Phi) is 2.70. The van der Waals surface area contributed by atoms with Crippen LogP contribution in [-0.4, -0.2) is 11.7 Å². The van der Waals surface area contributed by atoms with Crippen LogP contribution in [0.4, 0.5) is 0 Å². The van der Waals surface area contributed by atoms with E-state index in [4.69, 9.17) is 4.74 Å². The molecule has 3 aliphatic rings. The van der Waals surface area contributed by atoms with E-state index in [0.717, 1.165) is 11.8 Å². The zero-order valence-corrected chi connectivity index (χ0v) is 12.9. The van der Waals surface area contributed by atoms with E-state index in [0.29, 0.717) is 16.9 Å². The molecule has 18 heavy (non-hydrogen) atoms. The highest BCUT2D eigenvalue weighted by Gasteiger charge is 2.61. The molecule has 2 aliphatic carbocycles. The molecule has 0 aromatic heterocycles. The second-order valence-corrected chi connectivity index (χ2v) is 8.47. The fraction of sp³-hybridized carbons (Fsp3) is 1.00. The zero-order valence-electron chi connectivity index (χ0n) is 12.9. The number of hydrogen-bond donors (Lipinski definition) is 0. The molecule has 0 unspecified atom stereocenters. The number of ether oxygens (including phenoxy) is 1. The fourth-order valence-electron chi connectivity index (χ4n) is 6.11. The van der Waals surface area contributed by atoms with Crippen LogP contribution in [0.15, 0.2) is 0 Å². The van der Waals surface area contributed by atoms with Crippen LogP contribution in [-0.2, 0) is 4.74 Å². The summed E-state index contributed by atoms with van der Waals surface area (Å²) >= 11 is 0. The maximum absolute atomic E-state index is 6.34. The molecule has 1 aliphatic heterocycles. The molecule has 0 N–H and O–H groups in total. The maximum atomic E-state index is 6.34. The normalized spacial score (nSPS) is 54.8. The van der Waals surface area contributed by atoms with Crippen molar-refractivity contribution in [2.45, 2.75) is 84.8 Å². The molecule has 3 fully saturated rings. The van der Waals surface area contributed by atoms with Crippen LogP contribution in [0, 0.1) is 22.7 Å². The van der Waals surface area contributed by atoms with Crippen LogP contribution in [0.1, 0.15) is 73.1 Å². The lowest BCUT2D eigenvalue weighted by atomic mass is 9.45. The Balaban J connectivity index is 1.98. The molecule has 3 rings (SSSR count). The van der Waals surface area contributed by atoms with Crippen molar-refractivity contribution >= 4 is 0 Å². The zero-order chi connectivity index (χ0) is 13.2. The lowest BCUT2D eigenvalue weighted by molar-refractivity contribution is -0.153. The van der Waals surface area contributed by atoms with Crippen molar-refractivity contribution < 1.29 is 4.74 Å². The Morgan fingerprint density at radius 1 is 0.944 bits per heavy atom. The monoisotopic (exact) mass is 250 g/mol. The van der Waals surface area contributed by atoms with Gasteiger partial charge < -0.3 is 4.74 Å². The Labute approximate surface area is 113 Å². The van der Waals surface area contributed by atoms with Gasteiger partial charge in [0, 0.05) is 0 Å². The first-order valence-electron chi connectivity index (χ1n) is 7.96. The van der Waals surface area contributed by atoms with E-state index in [9.17, 15) is 0 Å². The molecule has 104 valence electrons. The molecule has 0 bridgehead atoms. The first-order valence-corrected chi connectivity index (χ1v) is 7.96. The standard InChI is InChI=1S/C17H30O/c1-12-11-14-16(4)9-6-8-15(2,3)13(16)7-10-17(14,5)18-12/h12-14H,6-11H2,1-5H3/t12-,13+,14-,16+,17-/m1/s1. The molecule has 0 aromatic rings. The summed E-state index contributed by atoms with van der Waals surface area (Å²) in [5, 5.41) is 0. The highest BCUT2D eigenvalue weighted by Crippen LogP contribution is 2.65. The van der Waals surface area contributed by atoms with Crippen molar-refractivity contribution in [2.75, 3.05) is 0 Å². The van der Waals surface area contributed by atoms with E-state index >= 15 is 0 Å². The van der Waals surface area contributed by atoms with Gasteiger partial charge in [-0.1, -0.05) is 27.2 Å². The summed E-state index contributed by atoms with van der Waals surface area (Å²) < 4.78 is 6.34. The third-order valence-electron chi connectivity index (χ3n) is 6.78. The average molecular weight is 250 g/mol. The first kappa shape index (κ1) is 13.0. The van der Waals surface area contributed by atoms with Gasteiger partial charge in [-0.3, -0.25) is 0 Å². The molecule has 1 saturated heterocycles. The Bertz CT molecular complexity index is 348. The number of hydrogen-bond acceptors (Lipinski definition) is 1. The van der Waals surface area contributed by atoms with Crippen LogP contribution in [0.5, 0.6) is 0 Å². The van der Waals surface area contributed by atoms with Gasteiger partial charge in [0.05, 0.1) is 11.7 Å². The fourth-order valence-corrected chi connectivity index (χ4v) is 6.11. The van der Waals surface area contributed by atoms with Crippen LogP contribution in [0.2, 0.25) is 0 Å². The number of rotatable bonds is 0. The van der Waals surface area contributed by atoms with Gasteiger partial charge in [-0.15, -0.1) is 0 Å². The summed E-state index contributed by atoms with van der Waals surface area (Å²) in [4.78, 5) is 0. The molecule has 5 atom stereocenters. The van der Waals surface area contributed by atoms with E-state index in [1.807, 2.05) is 0 Å². The molecule has 1 heteroatoms. The summed E-state index contributed by atoms with van der Waals surface area (Å²) in [6.45, 7) is 12.3. The highest BCUT2D eigenvalue weighted by molar-refractivity contribution is 5.10. The van der Waals surface area contributed by atoms with Gasteiger partial charge in [-0.2, -0.15) is 0 Å².